The first-order valence-electron chi connectivity index (χ1n) is 3.13. The molecule has 1 rings (SSSR count). The van der Waals surface area contributed by atoms with Crippen LogP contribution in [0.2, 0.25) is 0 Å². The highest BCUT2D eigenvalue weighted by Crippen LogP contribution is 2.18. The lowest BCUT2D eigenvalue weighted by Gasteiger charge is -2.22. The number of carbonyl (C=O) groups is 1. The van der Waals surface area contributed by atoms with Crippen LogP contribution in [0, 0.1) is 5.88 Å². The van der Waals surface area contributed by atoms with Gasteiger partial charge >= 0.3 is 0 Å². The third-order valence-electron chi connectivity index (χ3n) is 1.21. The standard InChI is InChI=1S/C7H9NOS/c1-2-4-8-6-10-5-3-7(8)9/h2H,1,3-5H2. The van der Waals surface area contributed by atoms with Crippen LogP contribution in [0.15, 0.2) is 12.7 Å². The van der Waals surface area contributed by atoms with Gasteiger partial charge in [-0.15, -0.1) is 18.3 Å². The minimum atomic E-state index is 0.152. The Kier molecular flexibility index (Phi) is 2.81. The quantitative estimate of drug-likeness (QED) is 0.557. The van der Waals surface area contributed by atoms with Crippen LogP contribution >= 0.6 is 11.8 Å². The van der Waals surface area contributed by atoms with Crippen LogP contribution in [0.1, 0.15) is 6.42 Å². The summed E-state index contributed by atoms with van der Waals surface area (Å²) in [6, 6.07) is 0. The summed E-state index contributed by atoms with van der Waals surface area (Å²) in [4.78, 5) is 12.6. The molecule has 54 valence electrons. The molecular weight excluding hydrogens is 146 g/mol. The molecule has 0 bridgehead atoms. The molecule has 3 heteroatoms. The van der Waals surface area contributed by atoms with Crippen molar-refractivity contribution >= 4 is 17.7 Å². The number of rotatable bonds is 2. The second-order valence-electron chi connectivity index (χ2n) is 1.98. The maximum atomic E-state index is 11.0. The number of amides is 1. The Bertz CT molecular complexity index is 147. The van der Waals surface area contributed by atoms with Crippen molar-refractivity contribution in [3.8, 4) is 0 Å². The highest BCUT2D eigenvalue weighted by atomic mass is 32.2. The maximum absolute atomic E-state index is 11.0. The summed E-state index contributed by atoms with van der Waals surface area (Å²) in [7, 11) is 0. The van der Waals surface area contributed by atoms with Gasteiger partial charge in [0.2, 0.25) is 5.91 Å². The van der Waals surface area contributed by atoms with Crippen LogP contribution in [-0.4, -0.2) is 23.1 Å². The fraction of sp³-hybridized carbons (Fsp3) is 0.429. The van der Waals surface area contributed by atoms with Crippen molar-refractivity contribution in [2.75, 3.05) is 12.3 Å². The van der Waals surface area contributed by atoms with Crippen molar-refractivity contribution in [1.29, 1.82) is 0 Å². The predicted molar refractivity (Wildman–Crippen MR) is 42.2 cm³/mol. The van der Waals surface area contributed by atoms with Gasteiger partial charge in [0, 0.05) is 18.7 Å². The van der Waals surface area contributed by atoms with E-state index in [9.17, 15) is 4.79 Å². The van der Waals surface area contributed by atoms with Crippen molar-refractivity contribution in [2.24, 2.45) is 0 Å². The molecule has 1 fully saturated rings. The summed E-state index contributed by atoms with van der Waals surface area (Å²) in [5, 5.41) is 0. The number of carbonyl (C=O) groups excluding carboxylic acids is 1. The highest BCUT2D eigenvalue weighted by Gasteiger charge is 2.17. The molecule has 0 unspecified atom stereocenters. The lowest BCUT2D eigenvalue weighted by atomic mass is 10.4. The molecule has 1 heterocycles. The van der Waals surface area contributed by atoms with Crippen molar-refractivity contribution in [3.63, 3.8) is 0 Å². The van der Waals surface area contributed by atoms with E-state index in [1.165, 1.54) is 0 Å². The Hall–Kier alpha value is -0.440. The Morgan fingerprint density at radius 3 is 3.30 bits per heavy atom. The van der Waals surface area contributed by atoms with E-state index in [4.69, 9.17) is 0 Å². The van der Waals surface area contributed by atoms with E-state index in [0.717, 1.165) is 5.75 Å². The highest BCUT2D eigenvalue weighted by molar-refractivity contribution is 8.01. The van der Waals surface area contributed by atoms with Crippen LogP contribution in [-0.2, 0) is 4.79 Å². The molecule has 2 radical (unpaired) electrons. The SMILES string of the molecule is C=CCN1[C]SCCC1=O. The fourth-order valence-corrected chi connectivity index (χ4v) is 1.42. The molecule has 0 aromatic rings. The summed E-state index contributed by atoms with van der Waals surface area (Å²) in [5.41, 5.74) is 0. The van der Waals surface area contributed by atoms with E-state index in [2.05, 4.69) is 12.5 Å². The van der Waals surface area contributed by atoms with Gasteiger partial charge in [-0.05, 0) is 0 Å². The molecule has 1 aliphatic rings. The Morgan fingerprint density at radius 2 is 2.70 bits per heavy atom. The molecule has 0 aromatic heterocycles. The van der Waals surface area contributed by atoms with Crippen LogP contribution in [0.3, 0.4) is 0 Å². The first-order valence-corrected chi connectivity index (χ1v) is 4.12. The minimum Gasteiger partial charge on any atom is -0.318 e. The van der Waals surface area contributed by atoms with Gasteiger partial charge in [0.25, 0.3) is 0 Å². The average molecular weight is 155 g/mol. The van der Waals surface area contributed by atoms with Gasteiger partial charge in [-0.1, -0.05) is 6.08 Å². The first kappa shape index (κ1) is 7.66. The molecule has 1 aliphatic heterocycles. The molecule has 1 saturated heterocycles. The van der Waals surface area contributed by atoms with E-state index >= 15 is 0 Å². The normalized spacial score (nSPS) is 19.2. The zero-order valence-electron chi connectivity index (χ0n) is 5.67. The maximum Gasteiger partial charge on any atom is 0.225 e. The second kappa shape index (κ2) is 3.66. The van der Waals surface area contributed by atoms with Crippen LogP contribution in [0.25, 0.3) is 0 Å². The molecule has 0 aromatic carbocycles. The van der Waals surface area contributed by atoms with Crippen LogP contribution in [0.5, 0.6) is 0 Å². The van der Waals surface area contributed by atoms with Crippen LogP contribution < -0.4 is 0 Å². The fourth-order valence-electron chi connectivity index (χ4n) is 0.716. The molecule has 0 spiro atoms. The van der Waals surface area contributed by atoms with Crippen LogP contribution in [0.4, 0.5) is 0 Å². The molecule has 2 nitrogen and oxygen atoms in total. The largest absolute Gasteiger partial charge is 0.318 e. The molecule has 0 aliphatic carbocycles. The molecular formula is C7H9NOS. The van der Waals surface area contributed by atoms with Gasteiger partial charge in [0.15, 0.2) is 5.88 Å². The molecule has 10 heavy (non-hydrogen) atoms. The topological polar surface area (TPSA) is 20.3 Å². The summed E-state index contributed by atoms with van der Waals surface area (Å²) in [6.07, 6.45) is 2.34. The van der Waals surface area contributed by atoms with E-state index in [0.29, 0.717) is 13.0 Å². The van der Waals surface area contributed by atoms with E-state index < -0.39 is 0 Å². The Labute approximate surface area is 65.3 Å². The third-order valence-corrected chi connectivity index (χ3v) is 1.96. The van der Waals surface area contributed by atoms with Gasteiger partial charge in [-0.25, -0.2) is 0 Å². The van der Waals surface area contributed by atoms with Crippen molar-refractivity contribution < 1.29 is 4.79 Å². The summed E-state index contributed by atoms with van der Waals surface area (Å²) in [6.45, 7) is 4.14. The van der Waals surface area contributed by atoms with E-state index in [-0.39, 0.29) is 5.91 Å². The zero-order valence-corrected chi connectivity index (χ0v) is 6.49. The molecule has 0 saturated carbocycles. The first-order chi connectivity index (χ1) is 4.84. The van der Waals surface area contributed by atoms with Gasteiger partial charge in [0.1, 0.15) is 0 Å². The number of nitrogens with zero attached hydrogens (tertiary/aromatic N) is 1. The number of thioether (sulfide) groups is 1. The van der Waals surface area contributed by atoms with E-state index in [1.54, 1.807) is 22.7 Å². The Balaban J connectivity index is 2.39. The lowest BCUT2D eigenvalue weighted by Crippen LogP contribution is -2.31. The zero-order chi connectivity index (χ0) is 7.40. The third kappa shape index (κ3) is 1.77. The summed E-state index contributed by atoms with van der Waals surface area (Å²) in [5.74, 6) is 3.92. The van der Waals surface area contributed by atoms with Gasteiger partial charge in [-0.3, -0.25) is 4.79 Å². The Morgan fingerprint density at radius 1 is 1.90 bits per heavy atom. The second-order valence-corrected chi connectivity index (χ2v) is 2.86. The molecule has 0 atom stereocenters. The van der Waals surface area contributed by atoms with Gasteiger partial charge < -0.3 is 4.90 Å². The van der Waals surface area contributed by atoms with Gasteiger partial charge in [0.05, 0.1) is 0 Å². The lowest BCUT2D eigenvalue weighted by molar-refractivity contribution is -0.128. The van der Waals surface area contributed by atoms with Crippen molar-refractivity contribution in [3.05, 3.63) is 18.5 Å². The average Bonchev–Trinajstić information content (AvgIpc) is 1.94. The van der Waals surface area contributed by atoms with E-state index in [1.807, 2.05) is 0 Å². The molecule has 1 amide bonds. The van der Waals surface area contributed by atoms with Gasteiger partial charge in [-0.2, -0.15) is 0 Å². The number of hydrogen-bond donors (Lipinski definition) is 0. The monoisotopic (exact) mass is 155 g/mol. The van der Waals surface area contributed by atoms with Crippen molar-refractivity contribution in [1.82, 2.24) is 4.90 Å². The minimum absolute atomic E-state index is 0.152. The smallest absolute Gasteiger partial charge is 0.225 e. The van der Waals surface area contributed by atoms with Crippen molar-refractivity contribution in [2.45, 2.75) is 6.42 Å². The number of hydrogen-bond acceptors (Lipinski definition) is 2. The summed E-state index contributed by atoms with van der Waals surface area (Å²) < 4.78 is 0. The summed E-state index contributed by atoms with van der Waals surface area (Å²) >= 11 is 1.55. The molecule has 0 N–H and O–H groups in total. The predicted octanol–water partition coefficient (Wildman–Crippen LogP) is 1.13.